The van der Waals surface area contributed by atoms with E-state index >= 15 is 0 Å². The molecule has 158 valence electrons. The number of pyridine rings is 1. The van der Waals surface area contributed by atoms with Gasteiger partial charge in [-0.3, -0.25) is 4.79 Å². The summed E-state index contributed by atoms with van der Waals surface area (Å²) in [5.41, 5.74) is 2.11. The molecule has 3 heterocycles. The molecule has 8 heteroatoms. The van der Waals surface area contributed by atoms with Crippen molar-refractivity contribution in [3.05, 3.63) is 59.5 Å². The quantitative estimate of drug-likeness (QED) is 0.627. The number of alkyl halides is 2. The predicted molar refractivity (Wildman–Crippen MR) is 109 cm³/mol. The van der Waals surface area contributed by atoms with Gasteiger partial charge in [0.05, 0.1) is 12.3 Å². The summed E-state index contributed by atoms with van der Waals surface area (Å²) in [6.07, 6.45) is 2.90. The first-order chi connectivity index (χ1) is 14.5. The highest BCUT2D eigenvalue weighted by atomic mass is 19.3. The van der Waals surface area contributed by atoms with Gasteiger partial charge < -0.3 is 19.2 Å². The summed E-state index contributed by atoms with van der Waals surface area (Å²) >= 11 is 0. The van der Waals surface area contributed by atoms with Crippen LogP contribution in [0.25, 0.3) is 5.65 Å². The zero-order valence-electron chi connectivity index (χ0n) is 16.6. The van der Waals surface area contributed by atoms with E-state index in [0.717, 1.165) is 37.4 Å². The van der Waals surface area contributed by atoms with Crippen LogP contribution >= 0.6 is 0 Å². The third-order valence-electron chi connectivity index (χ3n) is 5.16. The van der Waals surface area contributed by atoms with Crippen molar-refractivity contribution in [3.63, 3.8) is 0 Å². The topological polar surface area (TPSA) is 64.9 Å². The van der Waals surface area contributed by atoms with Gasteiger partial charge in [0.2, 0.25) is 0 Å². The molecule has 0 unspecified atom stereocenters. The lowest BCUT2D eigenvalue weighted by Gasteiger charge is -2.19. The molecule has 4 rings (SSSR count). The summed E-state index contributed by atoms with van der Waals surface area (Å²) in [6.45, 7) is 3.71. The maximum Gasteiger partial charge on any atom is 0.263 e. The van der Waals surface area contributed by atoms with Crippen LogP contribution in [0.1, 0.15) is 53.7 Å². The number of anilines is 1. The monoisotopic (exact) mass is 415 g/mol. The van der Waals surface area contributed by atoms with E-state index in [-0.39, 0.29) is 11.1 Å². The summed E-state index contributed by atoms with van der Waals surface area (Å²) in [6, 6.07) is 7.21. The minimum atomic E-state index is -2.64. The normalized spacial score (nSPS) is 14.9. The summed E-state index contributed by atoms with van der Waals surface area (Å²) in [7, 11) is 0. The lowest BCUT2D eigenvalue weighted by Crippen LogP contribution is -2.14. The minimum absolute atomic E-state index is 0.156. The molecule has 3 aromatic rings. The van der Waals surface area contributed by atoms with E-state index in [1.807, 2.05) is 17.5 Å². The van der Waals surface area contributed by atoms with Gasteiger partial charge in [0, 0.05) is 48.7 Å². The first-order valence-electron chi connectivity index (χ1n) is 9.97. The molecule has 6 nitrogen and oxygen atoms in total. The first kappa shape index (κ1) is 20.3. The van der Waals surface area contributed by atoms with Crippen molar-refractivity contribution in [2.45, 2.75) is 32.1 Å². The van der Waals surface area contributed by atoms with Crippen molar-refractivity contribution in [2.24, 2.45) is 0 Å². The number of benzene rings is 1. The van der Waals surface area contributed by atoms with E-state index in [9.17, 15) is 13.6 Å². The molecule has 1 amide bonds. The number of aromatic nitrogens is 2. The third kappa shape index (κ3) is 4.28. The molecule has 1 aliphatic rings. The highest BCUT2D eigenvalue weighted by molar-refractivity contribution is 6.05. The molecule has 2 aromatic heterocycles. The van der Waals surface area contributed by atoms with Crippen molar-refractivity contribution in [3.8, 4) is 5.75 Å². The number of rotatable bonds is 6. The Bertz CT molecular complexity index is 1050. The number of imidazole rings is 1. The van der Waals surface area contributed by atoms with Gasteiger partial charge in [0.1, 0.15) is 17.1 Å². The molecular weight excluding hydrogens is 392 g/mol. The van der Waals surface area contributed by atoms with Gasteiger partial charge in [-0.15, -0.1) is 0 Å². The number of carbonyl (C=O) groups is 1. The van der Waals surface area contributed by atoms with Crippen LogP contribution in [0.5, 0.6) is 5.75 Å². The van der Waals surface area contributed by atoms with Crippen LogP contribution < -0.4 is 10.1 Å². The van der Waals surface area contributed by atoms with Crippen LogP contribution in [0.3, 0.4) is 0 Å². The Balaban J connectivity index is 1.64. The number of halogens is 2. The van der Waals surface area contributed by atoms with Gasteiger partial charge >= 0.3 is 0 Å². The summed E-state index contributed by atoms with van der Waals surface area (Å²) in [5.74, 6) is 0.333. The van der Waals surface area contributed by atoms with Crippen molar-refractivity contribution in [2.75, 3.05) is 25.1 Å². The Morgan fingerprint density at radius 2 is 2.10 bits per heavy atom. The standard InChI is InChI=1S/C22H23F2N3O3/c1-2-30-19-11-20-25-17(14-6-8-29-9-7-14)12-27(20)13-18(19)26-22(28)16-5-3-4-15(10-16)21(23)24/h3-5,10-14,21H,2,6-9H2,1H3,(H,26,28). The van der Waals surface area contributed by atoms with Gasteiger partial charge in [0.25, 0.3) is 12.3 Å². The van der Waals surface area contributed by atoms with Crippen LogP contribution in [0, 0.1) is 0 Å². The molecule has 1 N–H and O–H groups in total. The summed E-state index contributed by atoms with van der Waals surface area (Å²) < 4.78 is 38.9. The summed E-state index contributed by atoms with van der Waals surface area (Å²) in [4.78, 5) is 17.4. The van der Waals surface area contributed by atoms with Gasteiger partial charge in [-0.1, -0.05) is 12.1 Å². The Morgan fingerprint density at radius 3 is 2.83 bits per heavy atom. The van der Waals surface area contributed by atoms with Crippen molar-refractivity contribution in [1.82, 2.24) is 9.38 Å². The second-order valence-corrected chi connectivity index (χ2v) is 7.18. The number of amides is 1. The average molecular weight is 415 g/mol. The summed E-state index contributed by atoms with van der Waals surface area (Å²) in [5, 5.41) is 2.78. The molecule has 0 atom stereocenters. The maximum absolute atomic E-state index is 13.0. The van der Waals surface area contributed by atoms with Gasteiger partial charge in [-0.25, -0.2) is 13.8 Å². The fourth-order valence-electron chi connectivity index (χ4n) is 3.60. The molecule has 30 heavy (non-hydrogen) atoms. The molecule has 0 radical (unpaired) electrons. The van der Waals surface area contributed by atoms with Crippen molar-refractivity contribution >= 4 is 17.2 Å². The molecule has 0 bridgehead atoms. The maximum atomic E-state index is 13.0. The lowest BCUT2D eigenvalue weighted by atomic mass is 9.97. The zero-order valence-corrected chi connectivity index (χ0v) is 16.6. The minimum Gasteiger partial charge on any atom is -0.491 e. The highest BCUT2D eigenvalue weighted by Gasteiger charge is 2.20. The van der Waals surface area contributed by atoms with Crippen LogP contribution in [0.2, 0.25) is 0 Å². The number of ether oxygens (including phenoxy) is 2. The molecule has 1 fully saturated rings. The van der Waals surface area contributed by atoms with Crippen LogP contribution in [-0.2, 0) is 4.74 Å². The van der Waals surface area contributed by atoms with E-state index in [0.29, 0.717) is 24.0 Å². The molecule has 1 aromatic carbocycles. The molecule has 0 saturated carbocycles. The predicted octanol–water partition coefficient (Wildman–Crippen LogP) is 4.82. The number of hydrogen-bond donors (Lipinski definition) is 1. The van der Waals surface area contributed by atoms with E-state index in [1.54, 1.807) is 12.3 Å². The fraction of sp³-hybridized carbons (Fsp3) is 0.364. The fourth-order valence-corrected chi connectivity index (χ4v) is 3.60. The molecular formula is C22H23F2N3O3. The van der Waals surface area contributed by atoms with E-state index in [1.165, 1.54) is 24.3 Å². The zero-order chi connectivity index (χ0) is 21.1. The Labute approximate surface area is 172 Å². The second kappa shape index (κ2) is 8.79. The van der Waals surface area contributed by atoms with Crippen molar-refractivity contribution in [1.29, 1.82) is 0 Å². The number of carbonyl (C=O) groups excluding carboxylic acids is 1. The van der Waals surface area contributed by atoms with Gasteiger partial charge in [-0.05, 0) is 31.9 Å². The average Bonchev–Trinajstić information content (AvgIpc) is 3.17. The number of fused-ring (bicyclic) bond motifs is 1. The van der Waals surface area contributed by atoms with E-state index < -0.39 is 12.3 Å². The van der Waals surface area contributed by atoms with Crippen LogP contribution in [0.4, 0.5) is 14.5 Å². The highest BCUT2D eigenvalue weighted by Crippen LogP contribution is 2.31. The lowest BCUT2D eigenvalue weighted by molar-refractivity contribution is 0.0846. The van der Waals surface area contributed by atoms with Gasteiger partial charge in [-0.2, -0.15) is 0 Å². The molecule has 0 spiro atoms. The second-order valence-electron chi connectivity index (χ2n) is 7.18. The molecule has 0 aliphatic carbocycles. The van der Waals surface area contributed by atoms with Crippen LogP contribution in [0.15, 0.2) is 42.7 Å². The van der Waals surface area contributed by atoms with Crippen molar-refractivity contribution < 1.29 is 23.0 Å². The SMILES string of the molecule is CCOc1cc2nc(C3CCOCC3)cn2cc1NC(=O)c1cccc(C(F)F)c1. The van der Waals surface area contributed by atoms with E-state index in [2.05, 4.69) is 5.32 Å². The number of nitrogens with zero attached hydrogens (tertiary/aromatic N) is 2. The number of hydrogen-bond acceptors (Lipinski definition) is 4. The molecule has 1 aliphatic heterocycles. The van der Waals surface area contributed by atoms with E-state index in [4.69, 9.17) is 14.5 Å². The smallest absolute Gasteiger partial charge is 0.263 e. The molecule has 1 saturated heterocycles. The third-order valence-corrected chi connectivity index (χ3v) is 5.16. The van der Waals surface area contributed by atoms with Crippen LogP contribution in [-0.4, -0.2) is 35.1 Å². The largest absolute Gasteiger partial charge is 0.491 e. The Hall–Kier alpha value is -3.00. The Morgan fingerprint density at radius 1 is 1.30 bits per heavy atom. The Kier molecular flexibility index (Phi) is 5.94. The van der Waals surface area contributed by atoms with Gasteiger partial charge in [0.15, 0.2) is 0 Å². The first-order valence-corrected chi connectivity index (χ1v) is 9.97. The number of nitrogens with one attached hydrogen (secondary N) is 1.